The number of rotatable bonds is 6. The molecule has 1 heterocycles. The van der Waals surface area contributed by atoms with Crippen LogP contribution in [0.25, 0.3) is 22.4 Å². The van der Waals surface area contributed by atoms with E-state index < -0.39 is 0 Å². The van der Waals surface area contributed by atoms with Gasteiger partial charge in [0.05, 0.1) is 27.0 Å². The number of nitrogens with zero attached hydrogens (tertiary/aromatic N) is 2. The van der Waals surface area contributed by atoms with Gasteiger partial charge in [0.1, 0.15) is 5.75 Å². The third-order valence-electron chi connectivity index (χ3n) is 4.23. The van der Waals surface area contributed by atoms with Crippen LogP contribution in [0.15, 0.2) is 41.8 Å². The lowest BCUT2D eigenvalue weighted by Gasteiger charge is -2.15. The van der Waals surface area contributed by atoms with Crippen molar-refractivity contribution in [2.75, 3.05) is 40.3 Å². The van der Waals surface area contributed by atoms with Crippen molar-refractivity contribution < 1.29 is 14.2 Å². The van der Waals surface area contributed by atoms with Gasteiger partial charge in [0, 0.05) is 42.4 Å². The van der Waals surface area contributed by atoms with E-state index in [9.17, 15) is 0 Å². The van der Waals surface area contributed by atoms with E-state index in [1.54, 1.807) is 21.3 Å². The van der Waals surface area contributed by atoms with Gasteiger partial charge in [-0.1, -0.05) is 12.1 Å². The molecule has 0 bridgehead atoms. The molecule has 3 rings (SSSR count). The van der Waals surface area contributed by atoms with Crippen LogP contribution in [0.1, 0.15) is 0 Å². The molecular formula is C20H22N2O3S. The smallest absolute Gasteiger partial charge is 0.164 e. The van der Waals surface area contributed by atoms with Crippen molar-refractivity contribution in [2.45, 2.75) is 0 Å². The number of benzene rings is 2. The molecule has 0 radical (unpaired) electrons. The van der Waals surface area contributed by atoms with E-state index >= 15 is 0 Å². The van der Waals surface area contributed by atoms with E-state index in [1.807, 2.05) is 26.2 Å². The lowest BCUT2D eigenvalue weighted by atomic mass is 10.0. The molecule has 2 aromatic carbocycles. The van der Waals surface area contributed by atoms with Crippen molar-refractivity contribution in [2.24, 2.45) is 0 Å². The van der Waals surface area contributed by atoms with Gasteiger partial charge in [0.25, 0.3) is 0 Å². The monoisotopic (exact) mass is 370 g/mol. The largest absolute Gasteiger partial charge is 0.496 e. The van der Waals surface area contributed by atoms with Gasteiger partial charge < -0.3 is 19.1 Å². The molecule has 3 aromatic rings. The second-order valence-corrected chi connectivity index (χ2v) is 6.55. The van der Waals surface area contributed by atoms with E-state index in [0.717, 1.165) is 28.1 Å². The minimum atomic E-state index is 0.625. The molecule has 0 unspecified atom stereocenters. The average Bonchev–Trinajstić information content (AvgIpc) is 3.16. The Morgan fingerprint density at radius 3 is 2.00 bits per heavy atom. The second kappa shape index (κ2) is 7.66. The van der Waals surface area contributed by atoms with Crippen molar-refractivity contribution in [3.8, 4) is 39.6 Å². The number of methoxy groups -OCH3 is 3. The van der Waals surface area contributed by atoms with Crippen LogP contribution in [0.5, 0.6) is 17.2 Å². The number of anilines is 1. The molecule has 5 nitrogen and oxygen atoms in total. The lowest BCUT2D eigenvalue weighted by molar-refractivity contribution is 0.349. The van der Waals surface area contributed by atoms with E-state index in [-0.39, 0.29) is 0 Å². The summed E-state index contributed by atoms with van der Waals surface area (Å²) in [6.07, 6.45) is 0. The van der Waals surface area contributed by atoms with Crippen molar-refractivity contribution in [1.29, 1.82) is 0 Å². The van der Waals surface area contributed by atoms with Gasteiger partial charge in [-0.2, -0.15) is 4.37 Å². The van der Waals surface area contributed by atoms with E-state index in [1.165, 1.54) is 11.5 Å². The highest BCUT2D eigenvalue weighted by atomic mass is 32.1. The van der Waals surface area contributed by atoms with Crippen molar-refractivity contribution in [3.05, 3.63) is 41.8 Å². The molecule has 6 heteroatoms. The van der Waals surface area contributed by atoms with Gasteiger partial charge in [0.2, 0.25) is 0 Å². The molecule has 0 amide bonds. The Morgan fingerprint density at radius 2 is 1.42 bits per heavy atom. The molecule has 0 N–H and O–H groups in total. The zero-order valence-corrected chi connectivity index (χ0v) is 16.4. The van der Waals surface area contributed by atoms with E-state index in [4.69, 9.17) is 14.2 Å². The predicted octanol–water partition coefficient (Wildman–Crippen LogP) is 4.57. The minimum absolute atomic E-state index is 0.625. The number of hydrogen-bond donors (Lipinski definition) is 0. The van der Waals surface area contributed by atoms with Crippen molar-refractivity contribution in [1.82, 2.24) is 4.37 Å². The maximum absolute atomic E-state index is 5.57. The fourth-order valence-corrected chi connectivity index (χ4v) is 3.50. The normalized spacial score (nSPS) is 10.5. The maximum atomic E-state index is 5.57. The zero-order chi connectivity index (χ0) is 18.7. The highest BCUT2D eigenvalue weighted by molar-refractivity contribution is 7.04. The van der Waals surface area contributed by atoms with E-state index in [0.29, 0.717) is 17.2 Å². The molecule has 26 heavy (non-hydrogen) atoms. The lowest BCUT2D eigenvalue weighted by Crippen LogP contribution is -2.07. The first-order valence-corrected chi connectivity index (χ1v) is 8.95. The van der Waals surface area contributed by atoms with Gasteiger partial charge >= 0.3 is 0 Å². The SMILES string of the molecule is COc1cc(OC)c(-c2nscc2-c2ccc(N(C)C)cc2)cc1OC. The molecule has 1 aromatic heterocycles. The topological polar surface area (TPSA) is 43.8 Å². The number of hydrogen-bond acceptors (Lipinski definition) is 6. The molecule has 0 aliphatic carbocycles. The van der Waals surface area contributed by atoms with Crippen LogP contribution in [0.3, 0.4) is 0 Å². The number of ether oxygens (including phenoxy) is 3. The molecular weight excluding hydrogens is 348 g/mol. The fraction of sp³-hybridized carbons (Fsp3) is 0.250. The average molecular weight is 370 g/mol. The van der Waals surface area contributed by atoms with Crippen molar-refractivity contribution >= 4 is 17.2 Å². The molecule has 0 saturated heterocycles. The Hall–Kier alpha value is -2.73. The summed E-state index contributed by atoms with van der Waals surface area (Å²) in [6.45, 7) is 0. The van der Waals surface area contributed by atoms with Crippen LogP contribution in [-0.2, 0) is 0 Å². The van der Waals surface area contributed by atoms with Crippen molar-refractivity contribution in [3.63, 3.8) is 0 Å². The molecule has 0 fully saturated rings. The summed E-state index contributed by atoms with van der Waals surface area (Å²) in [6, 6.07) is 12.1. The number of aromatic nitrogens is 1. The summed E-state index contributed by atoms with van der Waals surface area (Å²) >= 11 is 1.42. The summed E-state index contributed by atoms with van der Waals surface area (Å²) in [5.41, 5.74) is 5.06. The molecule has 0 atom stereocenters. The van der Waals surface area contributed by atoms with Crippen LogP contribution in [0.4, 0.5) is 5.69 Å². The van der Waals surface area contributed by atoms with Gasteiger partial charge in [-0.05, 0) is 35.3 Å². The standard InChI is InChI=1S/C20H22N2O3S/c1-22(2)14-8-6-13(7-9-14)16-12-26-21-20(16)15-10-18(24-4)19(25-5)11-17(15)23-3/h6-12H,1-5H3. The molecule has 0 spiro atoms. The van der Waals surface area contributed by atoms with Gasteiger partial charge in [0.15, 0.2) is 11.5 Å². The third-order valence-corrected chi connectivity index (χ3v) is 4.85. The minimum Gasteiger partial charge on any atom is -0.496 e. The van der Waals surface area contributed by atoms with Crippen LogP contribution in [-0.4, -0.2) is 39.8 Å². The zero-order valence-electron chi connectivity index (χ0n) is 15.6. The Bertz CT molecular complexity index is 889. The Kier molecular flexibility index (Phi) is 5.32. The quantitative estimate of drug-likeness (QED) is 0.636. The highest BCUT2D eigenvalue weighted by Crippen LogP contribution is 2.43. The second-order valence-electron chi connectivity index (χ2n) is 5.93. The van der Waals surface area contributed by atoms with Crippen LogP contribution in [0.2, 0.25) is 0 Å². The summed E-state index contributed by atoms with van der Waals surface area (Å²) in [7, 11) is 8.93. The first-order chi connectivity index (χ1) is 12.6. The predicted molar refractivity (Wildman–Crippen MR) is 107 cm³/mol. The summed E-state index contributed by atoms with van der Waals surface area (Å²) in [4.78, 5) is 2.08. The Balaban J connectivity index is 2.11. The first-order valence-electron chi connectivity index (χ1n) is 8.11. The first kappa shape index (κ1) is 18.1. The van der Waals surface area contributed by atoms with Gasteiger partial charge in [-0.3, -0.25) is 0 Å². The molecule has 136 valence electrons. The molecule has 0 aliphatic heterocycles. The van der Waals surface area contributed by atoms with Gasteiger partial charge in [-0.25, -0.2) is 0 Å². The Morgan fingerprint density at radius 1 is 0.808 bits per heavy atom. The summed E-state index contributed by atoms with van der Waals surface area (Å²) in [5.74, 6) is 1.96. The Labute approximate surface area is 157 Å². The van der Waals surface area contributed by atoms with E-state index in [2.05, 4.69) is 38.9 Å². The van der Waals surface area contributed by atoms with Crippen LogP contribution < -0.4 is 19.1 Å². The molecule has 0 aliphatic rings. The van der Waals surface area contributed by atoms with Gasteiger partial charge in [-0.15, -0.1) is 0 Å². The third kappa shape index (κ3) is 3.32. The maximum Gasteiger partial charge on any atom is 0.164 e. The van der Waals surface area contributed by atoms with Crippen LogP contribution >= 0.6 is 11.5 Å². The fourth-order valence-electron chi connectivity index (χ4n) is 2.79. The summed E-state index contributed by atoms with van der Waals surface area (Å²) < 4.78 is 21.0. The van der Waals surface area contributed by atoms with Crippen LogP contribution in [0, 0.1) is 0 Å². The molecule has 0 saturated carbocycles. The summed E-state index contributed by atoms with van der Waals surface area (Å²) in [5, 5.41) is 2.05. The highest BCUT2D eigenvalue weighted by Gasteiger charge is 2.19.